The number of hydrogen-bond acceptors (Lipinski definition) is 1. The van der Waals surface area contributed by atoms with Gasteiger partial charge in [-0.1, -0.05) is 23.4 Å². The summed E-state index contributed by atoms with van der Waals surface area (Å²) in [4.78, 5) is 7.18. The lowest BCUT2D eigenvalue weighted by molar-refractivity contribution is 1.29. The van der Waals surface area contributed by atoms with Gasteiger partial charge in [0.25, 0.3) is 0 Å². The maximum atomic E-state index is 6.06. The average Bonchev–Trinajstić information content (AvgIpc) is 2.63. The number of hydrogen-bond donors (Lipinski definition) is 1. The van der Waals surface area contributed by atoms with Gasteiger partial charge in [0, 0.05) is 24.7 Å². The standard InChI is InChI=1S/C11H8Cl2N2/c12-5-2-1-3-8-7-15-11-10(8)9(13)4-6-14-11/h4,6-7H,2,5H2,(H,14,15). The molecule has 2 rings (SSSR count). The first kappa shape index (κ1) is 10.4. The molecule has 0 atom stereocenters. The molecule has 0 amide bonds. The highest BCUT2D eigenvalue weighted by Crippen LogP contribution is 2.23. The van der Waals surface area contributed by atoms with Crippen molar-refractivity contribution in [2.45, 2.75) is 6.42 Å². The lowest BCUT2D eigenvalue weighted by Crippen LogP contribution is -1.77. The van der Waals surface area contributed by atoms with Gasteiger partial charge in [-0.15, -0.1) is 11.6 Å². The summed E-state index contributed by atoms with van der Waals surface area (Å²) in [6.07, 6.45) is 4.15. The molecule has 2 aromatic rings. The van der Waals surface area contributed by atoms with Crippen molar-refractivity contribution in [3.8, 4) is 11.8 Å². The van der Waals surface area contributed by atoms with Crippen LogP contribution in [0.25, 0.3) is 11.0 Å². The van der Waals surface area contributed by atoms with Crippen LogP contribution in [0.3, 0.4) is 0 Å². The van der Waals surface area contributed by atoms with Crippen LogP contribution in [0.15, 0.2) is 18.5 Å². The third kappa shape index (κ3) is 2.09. The molecular formula is C11H8Cl2N2. The Morgan fingerprint density at radius 2 is 2.33 bits per heavy atom. The first-order valence-electron chi connectivity index (χ1n) is 4.49. The van der Waals surface area contributed by atoms with Crippen molar-refractivity contribution in [1.82, 2.24) is 9.97 Å². The number of fused-ring (bicyclic) bond motifs is 1. The second kappa shape index (κ2) is 4.57. The molecule has 4 heteroatoms. The zero-order valence-corrected chi connectivity index (χ0v) is 9.36. The third-order valence-corrected chi connectivity index (χ3v) is 2.47. The van der Waals surface area contributed by atoms with E-state index in [1.807, 2.05) is 6.20 Å². The number of aromatic amines is 1. The highest BCUT2D eigenvalue weighted by Gasteiger charge is 2.05. The van der Waals surface area contributed by atoms with Crippen LogP contribution in [0.4, 0.5) is 0 Å². The molecule has 2 aromatic heterocycles. The Balaban J connectivity index is 2.50. The predicted molar refractivity (Wildman–Crippen MR) is 63.3 cm³/mol. The van der Waals surface area contributed by atoms with Gasteiger partial charge in [-0.25, -0.2) is 4.98 Å². The van der Waals surface area contributed by atoms with Crippen molar-refractivity contribution in [1.29, 1.82) is 0 Å². The van der Waals surface area contributed by atoms with E-state index < -0.39 is 0 Å². The van der Waals surface area contributed by atoms with Gasteiger partial charge < -0.3 is 4.98 Å². The lowest BCUT2D eigenvalue weighted by Gasteiger charge is -1.92. The fourth-order valence-electron chi connectivity index (χ4n) is 1.32. The van der Waals surface area contributed by atoms with Gasteiger partial charge in [0.05, 0.1) is 16.0 Å². The van der Waals surface area contributed by atoms with E-state index in [1.165, 1.54) is 0 Å². The van der Waals surface area contributed by atoms with Crippen LogP contribution < -0.4 is 0 Å². The number of nitrogens with zero attached hydrogens (tertiary/aromatic N) is 1. The second-order valence-corrected chi connectivity index (χ2v) is 3.74. The van der Waals surface area contributed by atoms with E-state index in [0.29, 0.717) is 17.3 Å². The maximum absolute atomic E-state index is 6.06. The zero-order chi connectivity index (χ0) is 10.7. The molecule has 0 aliphatic carbocycles. The fourth-order valence-corrected chi connectivity index (χ4v) is 1.66. The Labute approximate surface area is 97.6 Å². The Hall–Kier alpha value is -1.17. The molecule has 0 aromatic carbocycles. The first-order chi connectivity index (χ1) is 7.33. The summed E-state index contributed by atoms with van der Waals surface area (Å²) in [5, 5.41) is 1.54. The SMILES string of the molecule is ClCCC#Cc1c[nH]c2nccc(Cl)c12. The zero-order valence-electron chi connectivity index (χ0n) is 7.85. The number of pyridine rings is 1. The third-order valence-electron chi connectivity index (χ3n) is 1.97. The molecule has 0 radical (unpaired) electrons. The largest absolute Gasteiger partial charge is 0.345 e. The van der Waals surface area contributed by atoms with E-state index in [1.54, 1.807) is 12.3 Å². The van der Waals surface area contributed by atoms with E-state index in [0.717, 1.165) is 16.6 Å². The van der Waals surface area contributed by atoms with Gasteiger partial charge in [-0.2, -0.15) is 0 Å². The molecule has 15 heavy (non-hydrogen) atoms. The predicted octanol–water partition coefficient (Wildman–Crippen LogP) is 3.20. The van der Waals surface area contributed by atoms with Crippen molar-refractivity contribution in [3.63, 3.8) is 0 Å². The van der Waals surface area contributed by atoms with Gasteiger partial charge >= 0.3 is 0 Å². The molecule has 0 aliphatic heterocycles. The second-order valence-electron chi connectivity index (χ2n) is 2.96. The lowest BCUT2D eigenvalue weighted by atomic mass is 10.2. The van der Waals surface area contributed by atoms with Crippen LogP contribution in [0, 0.1) is 11.8 Å². The number of halogens is 2. The van der Waals surface area contributed by atoms with Crippen molar-refractivity contribution >= 4 is 34.2 Å². The Morgan fingerprint density at radius 1 is 1.47 bits per heavy atom. The first-order valence-corrected chi connectivity index (χ1v) is 5.40. The quantitative estimate of drug-likeness (QED) is 0.600. The minimum atomic E-state index is 0.543. The molecule has 76 valence electrons. The van der Waals surface area contributed by atoms with Crippen LogP contribution in [0.5, 0.6) is 0 Å². The number of aromatic nitrogens is 2. The van der Waals surface area contributed by atoms with E-state index in [2.05, 4.69) is 21.8 Å². The minimum Gasteiger partial charge on any atom is -0.345 e. The molecule has 1 N–H and O–H groups in total. The van der Waals surface area contributed by atoms with Gasteiger partial charge in [-0.3, -0.25) is 0 Å². The highest BCUT2D eigenvalue weighted by atomic mass is 35.5. The molecule has 2 heterocycles. The van der Waals surface area contributed by atoms with Crippen molar-refractivity contribution in [2.75, 3.05) is 5.88 Å². The molecule has 0 saturated heterocycles. The van der Waals surface area contributed by atoms with Crippen LogP contribution in [-0.4, -0.2) is 15.8 Å². The van der Waals surface area contributed by atoms with Crippen molar-refractivity contribution in [2.24, 2.45) is 0 Å². The van der Waals surface area contributed by atoms with E-state index >= 15 is 0 Å². The van der Waals surface area contributed by atoms with Gasteiger partial charge in [-0.05, 0) is 6.07 Å². The van der Waals surface area contributed by atoms with Crippen molar-refractivity contribution in [3.05, 3.63) is 29.0 Å². The van der Waals surface area contributed by atoms with Gasteiger partial charge in [0.2, 0.25) is 0 Å². The molecule has 0 saturated carbocycles. The molecule has 0 bridgehead atoms. The van der Waals surface area contributed by atoms with E-state index in [4.69, 9.17) is 23.2 Å². The van der Waals surface area contributed by atoms with Gasteiger partial charge in [0.1, 0.15) is 5.65 Å². The summed E-state index contributed by atoms with van der Waals surface area (Å²) in [6, 6.07) is 1.75. The Kier molecular flexibility index (Phi) is 3.15. The van der Waals surface area contributed by atoms with Gasteiger partial charge in [0.15, 0.2) is 0 Å². The van der Waals surface area contributed by atoms with Crippen LogP contribution in [0.1, 0.15) is 12.0 Å². The highest BCUT2D eigenvalue weighted by molar-refractivity contribution is 6.35. The topological polar surface area (TPSA) is 28.7 Å². The molecule has 2 nitrogen and oxygen atoms in total. The summed E-state index contributed by atoms with van der Waals surface area (Å²) in [6.45, 7) is 0. The number of H-pyrrole nitrogens is 1. The Bertz CT molecular complexity index is 534. The summed E-state index contributed by atoms with van der Waals surface area (Å²) in [5.41, 5.74) is 1.63. The number of rotatable bonds is 1. The van der Waals surface area contributed by atoms with Crippen LogP contribution >= 0.6 is 23.2 Å². The maximum Gasteiger partial charge on any atom is 0.140 e. The molecule has 0 spiro atoms. The number of nitrogens with one attached hydrogen (secondary N) is 1. The van der Waals surface area contributed by atoms with Crippen LogP contribution in [0.2, 0.25) is 5.02 Å². The summed E-state index contributed by atoms with van der Waals surface area (Å²) in [7, 11) is 0. The molecule has 0 unspecified atom stereocenters. The molecular weight excluding hydrogens is 231 g/mol. The summed E-state index contributed by atoms with van der Waals surface area (Å²) in [5.74, 6) is 6.53. The monoisotopic (exact) mass is 238 g/mol. The normalized spacial score (nSPS) is 10.0. The smallest absolute Gasteiger partial charge is 0.140 e. The van der Waals surface area contributed by atoms with E-state index in [9.17, 15) is 0 Å². The summed E-state index contributed by atoms with van der Waals surface area (Å²) >= 11 is 11.6. The van der Waals surface area contributed by atoms with Crippen molar-refractivity contribution < 1.29 is 0 Å². The van der Waals surface area contributed by atoms with E-state index in [-0.39, 0.29) is 0 Å². The fraction of sp³-hybridized carbons (Fsp3) is 0.182. The average molecular weight is 239 g/mol. The summed E-state index contributed by atoms with van der Waals surface area (Å²) < 4.78 is 0. The molecule has 0 fully saturated rings. The Morgan fingerprint density at radius 3 is 3.13 bits per heavy atom. The minimum absolute atomic E-state index is 0.543. The van der Waals surface area contributed by atoms with Crippen LogP contribution in [-0.2, 0) is 0 Å². The number of alkyl halides is 1. The molecule has 0 aliphatic rings.